The molecule has 0 radical (unpaired) electrons. The summed E-state index contributed by atoms with van der Waals surface area (Å²) in [4.78, 5) is 51.3. The summed E-state index contributed by atoms with van der Waals surface area (Å²) in [6, 6.07) is 7.80. The third-order valence-electron chi connectivity index (χ3n) is 6.91. The maximum atomic E-state index is 13.5. The molecule has 0 saturated carbocycles. The summed E-state index contributed by atoms with van der Waals surface area (Å²) in [7, 11) is 1.17. The summed E-state index contributed by atoms with van der Waals surface area (Å²) in [6.45, 7) is -3.54. The first-order valence-corrected chi connectivity index (χ1v) is 14.8. The van der Waals surface area contributed by atoms with Crippen molar-refractivity contribution in [3.8, 4) is 11.4 Å². The SMILES string of the molecule is COC(=O)C[C@H](NC(=O)CNC(=O)c1cc(NC2=NCC(F)CN2)c2cn[nH]c2c1)c1cc(OC(F)F)cc(-n2cccn2)c1.O=C(O)C(F)(F)F. The second kappa shape index (κ2) is 17.0. The van der Waals surface area contributed by atoms with Crippen LogP contribution in [0.4, 0.5) is 32.0 Å². The molecule has 0 saturated heterocycles. The fourth-order valence-electron chi connectivity index (χ4n) is 4.56. The number of amides is 2. The molecule has 16 nitrogen and oxygen atoms in total. The number of aromatic amines is 1. The van der Waals surface area contributed by atoms with Crippen molar-refractivity contribution < 1.29 is 60.1 Å². The largest absolute Gasteiger partial charge is 0.490 e. The lowest BCUT2D eigenvalue weighted by Gasteiger charge is -2.21. The number of halogens is 6. The van der Waals surface area contributed by atoms with Crippen LogP contribution in [0.2, 0.25) is 0 Å². The van der Waals surface area contributed by atoms with Gasteiger partial charge in [0.15, 0.2) is 5.96 Å². The fourth-order valence-corrected chi connectivity index (χ4v) is 4.56. The number of carbonyl (C=O) groups is 4. The number of H-pyrrole nitrogens is 1. The predicted octanol–water partition coefficient (Wildman–Crippen LogP) is 2.84. The van der Waals surface area contributed by atoms with Crippen molar-refractivity contribution in [2.24, 2.45) is 4.99 Å². The Labute approximate surface area is 288 Å². The number of fused-ring (bicyclic) bond motifs is 1. The molecular formula is C30H29F6N9O7. The predicted molar refractivity (Wildman–Crippen MR) is 169 cm³/mol. The van der Waals surface area contributed by atoms with Gasteiger partial charge in [-0.05, 0) is 35.9 Å². The Morgan fingerprint density at radius 3 is 2.50 bits per heavy atom. The van der Waals surface area contributed by atoms with E-state index >= 15 is 0 Å². The van der Waals surface area contributed by atoms with Crippen LogP contribution in [-0.4, -0.2) is 101 Å². The van der Waals surface area contributed by atoms with Crippen LogP contribution >= 0.6 is 0 Å². The first kappa shape index (κ1) is 38.5. The summed E-state index contributed by atoms with van der Waals surface area (Å²) in [5.74, 6) is -4.61. The molecule has 278 valence electrons. The van der Waals surface area contributed by atoms with Crippen molar-refractivity contribution in [3.05, 3.63) is 66.1 Å². The third kappa shape index (κ3) is 10.8. The number of nitrogens with one attached hydrogen (secondary N) is 5. The van der Waals surface area contributed by atoms with E-state index in [1.807, 2.05) is 0 Å². The van der Waals surface area contributed by atoms with Crippen molar-refractivity contribution in [1.29, 1.82) is 0 Å². The molecule has 6 N–H and O–H groups in total. The molecule has 0 aliphatic carbocycles. The molecule has 22 heteroatoms. The Balaban J connectivity index is 0.000000785. The summed E-state index contributed by atoms with van der Waals surface area (Å²) >= 11 is 0. The maximum absolute atomic E-state index is 13.5. The summed E-state index contributed by atoms with van der Waals surface area (Å²) in [5, 5.41) is 29.7. The zero-order valence-electron chi connectivity index (χ0n) is 26.7. The number of carboxylic acid groups (broad SMARTS) is 1. The molecule has 52 heavy (non-hydrogen) atoms. The molecule has 0 spiro atoms. The van der Waals surface area contributed by atoms with Gasteiger partial charge >= 0.3 is 24.7 Å². The smallest absolute Gasteiger partial charge is 0.475 e. The molecule has 3 heterocycles. The van der Waals surface area contributed by atoms with Gasteiger partial charge in [0.05, 0.1) is 62.3 Å². The van der Waals surface area contributed by atoms with Gasteiger partial charge in [-0.2, -0.15) is 32.1 Å². The standard InChI is InChI=1S/C28H28F3N9O5.C2HF3O2/c1-44-25(42)10-21(15-5-18(40-4-2-3-36-40)9-19(6-15)45-27(30)31)37-24(41)14-32-26(43)16-7-22(20-13-35-39-23(20)8-16)38-28-33-11-17(29)12-34-28;3-2(4,5)1(6)7/h2-9,13,17,21,27H,10-12,14H2,1H3,(H,32,43)(H,35,39)(H,37,41)(H2,33,34,38);(H,6,7)/t21-;/m0./s1. The number of methoxy groups -OCH3 is 1. The Bertz CT molecular complexity index is 1920. The average molecular weight is 742 g/mol. The molecule has 2 aromatic heterocycles. The van der Waals surface area contributed by atoms with Gasteiger partial charge in [0.2, 0.25) is 5.91 Å². The molecular weight excluding hydrogens is 712 g/mol. The molecule has 4 aromatic rings. The number of anilines is 1. The number of ether oxygens (including phenoxy) is 2. The quantitative estimate of drug-likeness (QED) is 0.0972. The maximum Gasteiger partial charge on any atom is 0.490 e. The second-order valence-corrected chi connectivity index (χ2v) is 10.6. The number of hydrogen-bond acceptors (Lipinski definition) is 11. The number of carboxylic acids is 1. The van der Waals surface area contributed by atoms with Crippen LogP contribution in [0.5, 0.6) is 5.75 Å². The highest BCUT2D eigenvalue weighted by molar-refractivity contribution is 6.07. The third-order valence-corrected chi connectivity index (χ3v) is 6.91. The van der Waals surface area contributed by atoms with E-state index < -0.39 is 55.3 Å². The molecule has 0 fully saturated rings. The number of hydrogen-bond donors (Lipinski definition) is 6. The lowest BCUT2D eigenvalue weighted by molar-refractivity contribution is -0.192. The van der Waals surface area contributed by atoms with Crippen molar-refractivity contribution in [2.45, 2.75) is 31.4 Å². The number of aliphatic carboxylic acids is 1. The highest BCUT2D eigenvalue weighted by atomic mass is 19.4. The first-order valence-electron chi connectivity index (χ1n) is 14.8. The zero-order chi connectivity index (χ0) is 38.0. The van der Waals surface area contributed by atoms with Crippen LogP contribution in [-0.2, 0) is 19.1 Å². The minimum atomic E-state index is -5.08. The topological polar surface area (TPSA) is 214 Å². The van der Waals surface area contributed by atoms with E-state index in [9.17, 15) is 40.7 Å². The van der Waals surface area contributed by atoms with Gasteiger partial charge < -0.3 is 35.8 Å². The number of rotatable bonds is 11. The molecule has 2 amide bonds. The van der Waals surface area contributed by atoms with Crippen LogP contribution in [0.1, 0.15) is 28.4 Å². The van der Waals surface area contributed by atoms with Crippen LogP contribution < -0.4 is 26.0 Å². The molecule has 5 rings (SSSR count). The van der Waals surface area contributed by atoms with Crippen LogP contribution in [0.3, 0.4) is 0 Å². The molecule has 2 aromatic carbocycles. The van der Waals surface area contributed by atoms with Gasteiger partial charge in [0.25, 0.3) is 5.91 Å². The Hall–Kier alpha value is -6.35. The Kier molecular flexibility index (Phi) is 12.6. The van der Waals surface area contributed by atoms with Crippen LogP contribution in [0.15, 0.2) is 60.0 Å². The van der Waals surface area contributed by atoms with E-state index in [2.05, 4.69) is 46.3 Å². The first-order chi connectivity index (χ1) is 24.6. The lowest BCUT2D eigenvalue weighted by atomic mass is 10.0. The number of aliphatic imine (C=N–C) groups is 1. The normalized spacial score (nSPS) is 14.6. The number of aromatic nitrogens is 4. The minimum Gasteiger partial charge on any atom is -0.475 e. The number of nitrogens with zero attached hydrogens (tertiary/aromatic N) is 4. The van der Waals surface area contributed by atoms with E-state index in [4.69, 9.17) is 14.6 Å². The molecule has 1 aliphatic heterocycles. The number of esters is 1. The fraction of sp³-hybridized carbons (Fsp3) is 0.300. The monoisotopic (exact) mass is 741 g/mol. The van der Waals surface area contributed by atoms with E-state index in [0.717, 1.165) is 0 Å². The van der Waals surface area contributed by atoms with Crippen molar-refractivity contribution in [3.63, 3.8) is 0 Å². The van der Waals surface area contributed by atoms with Crippen molar-refractivity contribution in [1.82, 2.24) is 35.9 Å². The Morgan fingerprint density at radius 1 is 1.13 bits per heavy atom. The number of alkyl halides is 6. The van der Waals surface area contributed by atoms with Crippen molar-refractivity contribution in [2.75, 3.05) is 32.1 Å². The number of benzene rings is 2. The van der Waals surface area contributed by atoms with Gasteiger partial charge in [-0.1, -0.05) is 0 Å². The average Bonchev–Trinajstić information content (AvgIpc) is 3.81. The van der Waals surface area contributed by atoms with Gasteiger partial charge in [-0.15, -0.1) is 0 Å². The van der Waals surface area contributed by atoms with Gasteiger partial charge in [-0.3, -0.25) is 19.5 Å². The highest BCUT2D eigenvalue weighted by Gasteiger charge is 2.38. The Morgan fingerprint density at radius 2 is 1.88 bits per heavy atom. The van der Waals surface area contributed by atoms with E-state index in [1.54, 1.807) is 30.6 Å². The molecule has 0 bridgehead atoms. The van der Waals surface area contributed by atoms with E-state index in [0.29, 0.717) is 28.2 Å². The lowest BCUT2D eigenvalue weighted by Crippen LogP contribution is -2.41. The van der Waals surface area contributed by atoms with Gasteiger partial charge in [-0.25, -0.2) is 18.9 Å². The summed E-state index contributed by atoms with van der Waals surface area (Å²) in [5.41, 5.74) is 1.75. The zero-order valence-corrected chi connectivity index (χ0v) is 26.7. The van der Waals surface area contributed by atoms with Crippen LogP contribution in [0.25, 0.3) is 16.6 Å². The molecule has 1 aliphatic rings. The number of guanidine groups is 1. The van der Waals surface area contributed by atoms with Gasteiger partial charge in [0.1, 0.15) is 11.9 Å². The summed E-state index contributed by atoms with van der Waals surface area (Å²) in [6.07, 6.45) is -1.92. The number of carbonyl (C=O) groups excluding carboxylic acids is 3. The van der Waals surface area contributed by atoms with Crippen molar-refractivity contribution >= 4 is 46.3 Å². The van der Waals surface area contributed by atoms with Gasteiger partial charge in [0, 0.05) is 29.4 Å². The second-order valence-electron chi connectivity index (χ2n) is 10.6. The highest BCUT2D eigenvalue weighted by Crippen LogP contribution is 2.28. The summed E-state index contributed by atoms with van der Waals surface area (Å²) < 4.78 is 82.1. The van der Waals surface area contributed by atoms with E-state index in [-0.39, 0.29) is 36.4 Å². The molecule has 1 unspecified atom stereocenters. The molecule has 2 atom stereocenters. The van der Waals surface area contributed by atoms with E-state index in [1.165, 1.54) is 36.2 Å². The van der Waals surface area contributed by atoms with Crippen LogP contribution in [0, 0.1) is 0 Å². The minimum absolute atomic E-state index is 0.00971.